The van der Waals surface area contributed by atoms with Gasteiger partial charge in [-0.15, -0.1) is 0 Å². The monoisotopic (exact) mass is 217 g/mol. The predicted octanol–water partition coefficient (Wildman–Crippen LogP) is 2.20. The van der Waals surface area contributed by atoms with Crippen LogP contribution in [0.1, 0.15) is 18.4 Å². The largest absolute Gasteiger partial charge is 0.392 e. The van der Waals surface area contributed by atoms with Gasteiger partial charge in [0, 0.05) is 19.6 Å². The van der Waals surface area contributed by atoms with E-state index in [9.17, 15) is 0 Å². The predicted molar refractivity (Wildman–Crippen MR) is 66.1 cm³/mol. The van der Waals surface area contributed by atoms with Crippen molar-refractivity contribution in [3.63, 3.8) is 0 Å². The Hall–Kier alpha value is -1.12. The third-order valence-electron chi connectivity index (χ3n) is 3.13. The van der Waals surface area contributed by atoms with Crippen molar-refractivity contribution in [3.8, 4) is 0 Å². The van der Waals surface area contributed by atoms with Crippen molar-refractivity contribution in [1.29, 1.82) is 0 Å². The van der Waals surface area contributed by atoms with E-state index in [0.29, 0.717) is 0 Å². The smallest absolute Gasteiger partial charge is 0.0615 e. The summed E-state index contributed by atoms with van der Waals surface area (Å²) in [5, 5.41) is 8.83. The second kappa shape index (κ2) is 5.83. The number of benzene rings is 1. The summed E-state index contributed by atoms with van der Waals surface area (Å²) in [6, 6.07) is 10.6. The molecule has 0 atom stereocenters. The van der Waals surface area contributed by atoms with E-state index in [1.165, 1.54) is 11.1 Å². The first kappa shape index (κ1) is 11.4. The molecule has 0 radical (unpaired) electrons. The third kappa shape index (κ3) is 3.19. The first-order valence-electron chi connectivity index (χ1n) is 5.93. The summed E-state index contributed by atoms with van der Waals surface area (Å²) in [5.41, 5.74) is 2.80. The zero-order chi connectivity index (χ0) is 11.2. The molecule has 1 saturated heterocycles. The fourth-order valence-corrected chi connectivity index (χ4v) is 2.17. The minimum Gasteiger partial charge on any atom is -0.392 e. The molecular formula is C14H19NO. The van der Waals surface area contributed by atoms with E-state index in [-0.39, 0.29) is 6.61 Å². The Morgan fingerprint density at radius 3 is 2.44 bits per heavy atom. The van der Waals surface area contributed by atoms with Crippen molar-refractivity contribution in [2.75, 3.05) is 19.7 Å². The Kier molecular flexibility index (Phi) is 4.14. The number of aliphatic hydroxyl groups is 1. The fourth-order valence-electron chi connectivity index (χ4n) is 2.17. The molecule has 0 aromatic heterocycles. The molecule has 1 fully saturated rings. The molecule has 1 aromatic carbocycles. The molecule has 86 valence electrons. The summed E-state index contributed by atoms with van der Waals surface area (Å²) in [6.07, 6.45) is 4.17. The molecule has 1 aromatic rings. The van der Waals surface area contributed by atoms with Crippen molar-refractivity contribution in [3.05, 3.63) is 47.5 Å². The number of nitrogens with zero attached hydrogens (tertiary/aromatic N) is 1. The van der Waals surface area contributed by atoms with Crippen LogP contribution in [0.15, 0.2) is 42.0 Å². The van der Waals surface area contributed by atoms with Gasteiger partial charge in [-0.1, -0.05) is 42.0 Å². The molecule has 0 spiro atoms. The zero-order valence-corrected chi connectivity index (χ0v) is 9.60. The molecule has 0 saturated carbocycles. The van der Waals surface area contributed by atoms with Gasteiger partial charge < -0.3 is 5.11 Å². The topological polar surface area (TPSA) is 23.5 Å². The number of piperidine rings is 1. The van der Waals surface area contributed by atoms with Crippen LogP contribution in [0.2, 0.25) is 0 Å². The van der Waals surface area contributed by atoms with Gasteiger partial charge in [-0.3, -0.25) is 4.90 Å². The van der Waals surface area contributed by atoms with E-state index in [4.69, 9.17) is 5.11 Å². The van der Waals surface area contributed by atoms with E-state index in [1.54, 1.807) is 0 Å². The summed E-state index contributed by atoms with van der Waals surface area (Å²) < 4.78 is 0. The van der Waals surface area contributed by atoms with Crippen LogP contribution >= 0.6 is 0 Å². The molecule has 2 heteroatoms. The van der Waals surface area contributed by atoms with E-state index in [0.717, 1.165) is 32.5 Å². The van der Waals surface area contributed by atoms with Crippen LogP contribution in [0.5, 0.6) is 0 Å². The lowest BCUT2D eigenvalue weighted by molar-refractivity contribution is 0.246. The van der Waals surface area contributed by atoms with Crippen LogP contribution in [-0.4, -0.2) is 29.7 Å². The van der Waals surface area contributed by atoms with Crippen molar-refractivity contribution < 1.29 is 5.11 Å². The second-order valence-corrected chi connectivity index (χ2v) is 4.31. The fraction of sp³-hybridized carbons (Fsp3) is 0.429. The van der Waals surface area contributed by atoms with Gasteiger partial charge in [-0.25, -0.2) is 0 Å². The van der Waals surface area contributed by atoms with Crippen molar-refractivity contribution in [2.45, 2.75) is 19.4 Å². The molecule has 0 aliphatic carbocycles. The lowest BCUT2D eigenvalue weighted by atomic mass is 10.0. The molecule has 2 rings (SSSR count). The highest BCUT2D eigenvalue weighted by Gasteiger charge is 2.13. The van der Waals surface area contributed by atoms with Crippen molar-refractivity contribution >= 4 is 0 Å². The summed E-state index contributed by atoms with van der Waals surface area (Å²) >= 11 is 0. The van der Waals surface area contributed by atoms with Gasteiger partial charge in [0.15, 0.2) is 0 Å². The number of likely N-dealkylation sites (tertiary alicyclic amines) is 1. The first-order chi connectivity index (χ1) is 7.88. The standard InChI is InChI=1S/C14H19NO/c16-11-8-13-6-9-15(10-7-13)12-14-4-2-1-3-5-14/h1-5,8,16H,6-7,9-12H2. The van der Waals surface area contributed by atoms with E-state index >= 15 is 0 Å². The molecule has 16 heavy (non-hydrogen) atoms. The Morgan fingerprint density at radius 2 is 1.81 bits per heavy atom. The Morgan fingerprint density at radius 1 is 1.12 bits per heavy atom. The normalized spacial score (nSPS) is 17.4. The maximum Gasteiger partial charge on any atom is 0.0615 e. The molecule has 0 unspecified atom stereocenters. The van der Waals surface area contributed by atoms with Gasteiger partial charge in [0.25, 0.3) is 0 Å². The van der Waals surface area contributed by atoms with Crippen LogP contribution in [0, 0.1) is 0 Å². The van der Waals surface area contributed by atoms with E-state index in [2.05, 4.69) is 35.2 Å². The van der Waals surface area contributed by atoms with E-state index < -0.39 is 0 Å². The lowest BCUT2D eigenvalue weighted by Crippen LogP contribution is -2.30. The molecule has 0 bridgehead atoms. The van der Waals surface area contributed by atoms with Crippen molar-refractivity contribution in [1.82, 2.24) is 4.90 Å². The van der Waals surface area contributed by atoms with Crippen molar-refractivity contribution in [2.24, 2.45) is 0 Å². The van der Waals surface area contributed by atoms with Crippen LogP contribution in [0.25, 0.3) is 0 Å². The number of hydrogen-bond donors (Lipinski definition) is 1. The van der Waals surface area contributed by atoms with Gasteiger partial charge in [0.05, 0.1) is 6.61 Å². The van der Waals surface area contributed by atoms with Gasteiger partial charge in [0.2, 0.25) is 0 Å². The molecule has 1 N–H and O–H groups in total. The summed E-state index contributed by atoms with van der Waals surface area (Å²) in [4.78, 5) is 2.48. The minimum absolute atomic E-state index is 0.189. The Bertz CT molecular complexity index is 335. The molecule has 1 heterocycles. The average Bonchev–Trinajstić information content (AvgIpc) is 2.33. The average molecular weight is 217 g/mol. The van der Waals surface area contributed by atoms with Crippen LogP contribution in [0.4, 0.5) is 0 Å². The third-order valence-corrected chi connectivity index (χ3v) is 3.13. The maximum absolute atomic E-state index is 8.83. The number of rotatable bonds is 3. The maximum atomic E-state index is 8.83. The SMILES string of the molecule is OCC=C1CCN(Cc2ccccc2)CC1. The summed E-state index contributed by atoms with van der Waals surface area (Å²) in [7, 11) is 0. The molecule has 2 nitrogen and oxygen atoms in total. The quantitative estimate of drug-likeness (QED) is 0.785. The van der Waals surface area contributed by atoms with Crippen LogP contribution in [0.3, 0.4) is 0 Å². The summed E-state index contributed by atoms with van der Waals surface area (Å²) in [6.45, 7) is 3.46. The van der Waals surface area contributed by atoms with Crippen LogP contribution in [-0.2, 0) is 6.54 Å². The Balaban J connectivity index is 1.84. The molecule has 0 amide bonds. The van der Waals surface area contributed by atoms with Gasteiger partial charge in [-0.05, 0) is 18.4 Å². The lowest BCUT2D eigenvalue weighted by Gasteiger charge is -2.28. The Labute approximate surface area is 97.2 Å². The van der Waals surface area contributed by atoms with Gasteiger partial charge in [0.1, 0.15) is 0 Å². The highest BCUT2D eigenvalue weighted by Crippen LogP contribution is 2.17. The number of hydrogen-bond acceptors (Lipinski definition) is 2. The number of aliphatic hydroxyl groups excluding tert-OH is 1. The highest BCUT2D eigenvalue weighted by atomic mass is 16.2. The summed E-state index contributed by atoms with van der Waals surface area (Å²) in [5.74, 6) is 0. The van der Waals surface area contributed by atoms with E-state index in [1.807, 2.05) is 6.08 Å². The molecule has 1 aliphatic heterocycles. The zero-order valence-electron chi connectivity index (χ0n) is 9.60. The van der Waals surface area contributed by atoms with Gasteiger partial charge >= 0.3 is 0 Å². The van der Waals surface area contributed by atoms with Crippen LogP contribution < -0.4 is 0 Å². The second-order valence-electron chi connectivity index (χ2n) is 4.31. The van der Waals surface area contributed by atoms with Gasteiger partial charge in [-0.2, -0.15) is 0 Å². The molecule has 1 aliphatic rings. The first-order valence-corrected chi connectivity index (χ1v) is 5.93. The minimum atomic E-state index is 0.189. The highest BCUT2D eigenvalue weighted by molar-refractivity contribution is 5.15. The molecular weight excluding hydrogens is 198 g/mol.